The fourth-order valence-corrected chi connectivity index (χ4v) is 2.26. The minimum Gasteiger partial charge on any atom is -0.276 e. The second-order valence-corrected chi connectivity index (χ2v) is 5.13. The van der Waals surface area contributed by atoms with Crippen LogP contribution in [-0.4, -0.2) is 14.8 Å². The highest BCUT2D eigenvalue weighted by Crippen LogP contribution is 2.20. The molecule has 1 atom stereocenters. The van der Waals surface area contributed by atoms with Crippen molar-refractivity contribution >= 4 is 15.9 Å². The Hall–Kier alpha value is -1.24. The van der Waals surface area contributed by atoms with E-state index < -0.39 is 0 Å². The van der Waals surface area contributed by atoms with E-state index in [1.54, 1.807) is 10.9 Å². The summed E-state index contributed by atoms with van der Waals surface area (Å²) in [5, 5.41) is 4.15. The number of hydrogen-bond donors (Lipinski definition) is 2. The second-order valence-electron chi connectivity index (χ2n) is 4.22. The van der Waals surface area contributed by atoms with Gasteiger partial charge in [0.1, 0.15) is 0 Å². The zero-order valence-electron chi connectivity index (χ0n) is 10.2. The van der Waals surface area contributed by atoms with Crippen molar-refractivity contribution in [2.75, 3.05) is 0 Å². The average molecular weight is 310 g/mol. The van der Waals surface area contributed by atoms with Gasteiger partial charge in [-0.2, -0.15) is 5.10 Å². The van der Waals surface area contributed by atoms with E-state index in [1.165, 1.54) is 5.56 Å². The number of pyridine rings is 1. The van der Waals surface area contributed by atoms with Crippen molar-refractivity contribution in [2.45, 2.75) is 18.9 Å². The van der Waals surface area contributed by atoms with E-state index in [0.717, 1.165) is 22.9 Å². The first-order valence-corrected chi connectivity index (χ1v) is 6.52. The number of aromatic nitrogens is 3. The molecular formula is C12H16BrN5. The van der Waals surface area contributed by atoms with Gasteiger partial charge in [-0.1, -0.05) is 0 Å². The van der Waals surface area contributed by atoms with Gasteiger partial charge in [-0.15, -0.1) is 0 Å². The number of nitrogens with two attached hydrogens (primary N) is 1. The normalized spacial score (nSPS) is 12.6. The Balaban J connectivity index is 2.01. The molecular weight excluding hydrogens is 294 g/mol. The van der Waals surface area contributed by atoms with Crippen molar-refractivity contribution in [1.29, 1.82) is 0 Å². The maximum atomic E-state index is 5.61. The standard InChI is InChI=1S/C12H16BrN5/c1-18-8-9(5-16-18)2-3-12(17-14)10-4-11(13)7-15-6-10/h4-8,12,17H,2-3,14H2,1H3. The Labute approximate surface area is 115 Å². The van der Waals surface area contributed by atoms with Crippen LogP contribution in [0.1, 0.15) is 23.6 Å². The maximum absolute atomic E-state index is 5.61. The molecule has 5 nitrogen and oxygen atoms in total. The van der Waals surface area contributed by atoms with Crippen molar-refractivity contribution in [3.63, 3.8) is 0 Å². The number of halogens is 1. The Kier molecular flexibility index (Phi) is 4.46. The van der Waals surface area contributed by atoms with E-state index in [-0.39, 0.29) is 6.04 Å². The number of nitrogens with one attached hydrogen (secondary N) is 1. The summed E-state index contributed by atoms with van der Waals surface area (Å²) in [6.07, 6.45) is 9.33. The lowest BCUT2D eigenvalue weighted by Crippen LogP contribution is -2.28. The zero-order chi connectivity index (χ0) is 13.0. The first kappa shape index (κ1) is 13.2. The molecule has 0 amide bonds. The quantitative estimate of drug-likeness (QED) is 0.652. The van der Waals surface area contributed by atoms with E-state index in [4.69, 9.17) is 5.84 Å². The minimum absolute atomic E-state index is 0.0928. The third-order valence-electron chi connectivity index (χ3n) is 2.81. The molecule has 2 aromatic heterocycles. The first-order valence-electron chi connectivity index (χ1n) is 5.73. The van der Waals surface area contributed by atoms with Crippen LogP contribution in [-0.2, 0) is 13.5 Å². The van der Waals surface area contributed by atoms with Crippen molar-refractivity contribution in [2.24, 2.45) is 12.9 Å². The maximum Gasteiger partial charge on any atom is 0.0521 e. The molecule has 18 heavy (non-hydrogen) atoms. The highest BCUT2D eigenvalue weighted by atomic mass is 79.9. The van der Waals surface area contributed by atoms with Gasteiger partial charge in [-0.3, -0.25) is 20.9 Å². The molecule has 3 N–H and O–H groups in total. The molecule has 96 valence electrons. The molecule has 2 aromatic rings. The predicted octanol–water partition coefficient (Wildman–Crippen LogP) is 1.71. The number of hydrogen-bond acceptors (Lipinski definition) is 4. The molecule has 2 heterocycles. The molecule has 6 heteroatoms. The highest BCUT2D eigenvalue weighted by molar-refractivity contribution is 9.10. The van der Waals surface area contributed by atoms with Crippen LogP contribution in [0.3, 0.4) is 0 Å². The van der Waals surface area contributed by atoms with Crippen LogP contribution in [0, 0.1) is 0 Å². The molecule has 0 fully saturated rings. The highest BCUT2D eigenvalue weighted by Gasteiger charge is 2.11. The summed E-state index contributed by atoms with van der Waals surface area (Å²) >= 11 is 3.41. The average Bonchev–Trinajstić information content (AvgIpc) is 2.76. The summed E-state index contributed by atoms with van der Waals surface area (Å²) in [6.45, 7) is 0. The van der Waals surface area contributed by atoms with E-state index >= 15 is 0 Å². The predicted molar refractivity (Wildman–Crippen MR) is 73.5 cm³/mol. The van der Waals surface area contributed by atoms with Crippen LogP contribution < -0.4 is 11.3 Å². The van der Waals surface area contributed by atoms with Gasteiger partial charge >= 0.3 is 0 Å². The number of hydrazine groups is 1. The summed E-state index contributed by atoms with van der Waals surface area (Å²) in [5.41, 5.74) is 5.12. The minimum atomic E-state index is 0.0928. The number of aryl methyl sites for hydroxylation is 2. The van der Waals surface area contributed by atoms with Crippen molar-refractivity contribution < 1.29 is 0 Å². The Bertz CT molecular complexity index is 511. The van der Waals surface area contributed by atoms with Crippen LogP contribution >= 0.6 is 15.9 Å². The zero-order valence-corrected chi connectivity index (χ0v) is 11.8. The van der Waals surface area contributed by atoms with Gasteiger partial charge in [-0.05, 0) is 46.0 Å². The van der Waals surface area contributed by atoms with Gasteiger partial charge in [0.2, 0.25) is 0 Å². The smallest absolute Gasteiger partial charge is 0.0521 e. The van der Waals surface area contributed by atoms with E-state index in [1.807, 2.05) is 31.7 Å². The molecule has 0 aliphatic rings. The van der Waals surface area contributed by atoms with Gasteiger partial charge < -0.3 is 0 Å². The van der Waals surface area contributed by atoms with Crippen molar-refractivity contribution in [1.82, 2.24) is 20.2 Å². The topological polar surface area (TPSA) is 68.8 Å². The van der Waals surface area contributed by atoms with Gasteiger partial charge in [0.25, 0.3) is 0 Å². The fraction of sp³-hybridized carbons (Fsp3) is 0.333. The molecule has 0 spiro atoms. The summed E-state index contributed by atoms with van der Waals surface area (Å²) in [7, 11) is 1.92. The Morgan fingerprint density at radius 3 is 2.89 bits per heavy atom. The van der Waals surface area contributed by atoms with Gasteiger partial charge in [0.05, 0.1) is 6.20 Å². The lowest BCUT2D eigenvalue weighted by molar-refractivity contribution is 0.514. The van der Waals surface area contributed by atoms with E-state index in [0.29, 0.717) is 0 Å². The molecule has 1 unspecified atom stereocenters. The largest absolute Gasteiger partial charge is 0.276 e. The van der Waals surface area contributed by atoms with Crippen LogP contribution in [0.2, 0.25) is 0 Å². The third kappa shape index (κ3) is 3.38. The van der Waals surface area contributed by atoms with Crippen molar-refractivity contribution in [3.05, 3.63) is 46.5 Å². The van der Waals surface area contributed by atoms with E-state index in [2.05, 4.69) is 31.4 Å². The second kappa shape index (κ2) is 6.08. The van der Waals surface area contributed by atoms with Crippen molar-refractivity contribution in [3.8, 4) is 0 Å². The summed E-state index contributed by atoms with van der Waals surface area (Å²) in [5.74, 6) is 5.61. The molecule has 0 bridgehead atoms. The van der Waals surface area contributed by atoms with Crippen LogP contribution in [0.15, 0.2) is 35.3 Å². The third-order valence-corrected chi connectivity index (χ3v) is 3.24. The van der Waals surface area contributed by atoms with Gasteiger partial charge in [-0.25, -0.2) is 0 Å². The molecule has 0 saturated carbocycles. The van der Waals surface area contributed by atoms with Gasteiger partial charge in [0.15, 0.2) is 0 Å². The number of nitrogens with zero attached hydrogens (tertiary/aromatic N) is 3. The Morgan fingerprint density at radius 2 is 2.28 bits per heavy atom. The summed E-state index contributed by atoms with van der Waals surface area (Å²) in [4.78, 5) is 4.15. The Morgan fingerprint density at radius 1 is 1.44 bits per heavy atom. The molecule has 0 saturated heterocycles. The number of rotatable bonds is 5. The van der Waals surface area contributed by atoms with Crippen LogP contribution in [0.25, 0.3) is 0 Å². The summed E-state index contributed by atoms with van der Waals surface area (Å²) < 4.78 is 2.77. The molecule has 0 aliphatic heterocycles. The molecule has 2 rings (SSSR count). The first-order chi connectivity index (χ1) is 8.69. The fourth-order valence-electron chi connectivity index (χ4n) is 1.88. The summed E-state index contributed by atoms with van der Waals surface area (Å²) in [6, 6.07) is 2.12. The molecule has 0 radical (unpaired) electrons. The van der Waals surface area contributed by atoms with E-state index in [9.17, 15) is 0 Å². The molecule has 0 aromatic carbocycles. The lowest BCUT2D eigenvalue weighted by Gasteiger charge is -2.15. The monoisotopic (exact) mass is 309 g/mol. The molecule has 0 aliphatic carbocycles. The SMILES string of the molecule is Cn1cc(CCC(NN)c2cncc(Br)c2)cn1. The van der Waals surface area contributed by atoms with Crippen LogP contribution in [0.4, 0.5) is 0 Å². The van der Waals surface area contributed by atoms with Crippen LogP contribution in [0.5, 0.6) is 0 Å². The van der Waals surface area contributed by atoms with Gasteiger partial charge in [0, 0.05) is 36.2 Å². The lowest BCUT2D eigenvalue weighted by atomic mass is 10.0.